The molecule has 2 aromatic carbocycles. The average Bonchev–Trinajstić information content (AvgIpc) is 2.77. The van der Waals surface area contributed by atoms with Gasteiger partial charge in [0, 0.05) is 23.3 Å². The van der Waals surface area contributed by atoms with Crippen LogP contribution in [0.4, 0.5) is 0 Å². The first-order valence-electron chi connectivity index (χ1n) is 9.35. The standard InChI is InChI=1S/C22H15ClN4O4S/c23-15-3-1-2-12(8-15)10-25-19(28)13-4-6-16-17(9-13)26-22(32)27(20(16)29)18-7-5-14(11-24-18)21(30)31/h1-9,11H,10H2,(H,25,28)(H,26,32)(H,30,31). The third-order valence-electron chi connectivity index (χ3n) is 4.73. The van der Waals surface area contributed by atoms with Crippen LogP contribution in [-0.2, 0) is 6.54 Å². The molecule has 8 nitrogen and oxygen atoms in total. The summed E-state index contributed by atoms with van der Waals surface area (Å²) < 4.78 is 1.23. The van der Waals surface area contributed by atoms with Crippen molar-refractivity contribution in [3.63, 3.8) is 0 Å². The Morgan fingerprint density at radius 3 is 2.59 bits per heavy atom. The normalized spacial score (nSPS) is 10.8. The Kier molecular flexibility index (Phi) is 5.85. The molecule has 4 rings (SSSR count). The van der Waals surface area contributed by atoms with Gasteiger partial charge in [-0.1, -0.05) is 23.7 Å². The predicted molar refractivity (Wildman–Crippen MR) is 122 cm³/mol. The van der Waals surface area contributed by atoms with E-state index in [1.807, 2.05) is 6.07 Å². The number of aromatic nitrogens is 3. The zero-order valence-corrected chi connectivity index (χ0v) is 17.9. The second-order valence-electron chi connectivity index (χ2n) is 6.85. The van der Waals surface area contributed by atoms with E-state index in [0.29, 0.717) is 28.0 Å². The number of aromatic carboxylic acids is 1. The lowest BCUT2D eigenvalue weighted by Gasteiger charge is -2.09. The number of amides is 1. The highest BCUT2D eigenvalue weighted by atomic mass is 35.5. The molecule has 3 N–H and O–H groups in total. The van der Waals surface area contributed by atoms with Crippen LogP contribution in [0.15, 0.2) is 65.6 Å². The monoisotopic (exact) mass is 466 g/mol. The lowest BCUT2D eigenvalue weighted by Crippen LogP contribution is -2.24. The summed E-state index contributed by atoms with van der Waals surface area (Å²) in [5, 5.41) is 12.7. The van der Waals surface area contributed by atoms with Crippen molar-refractivity contribution < 1.29 is 14.7 Å². The number of hydrogen-bond donors (Lipinski definition) is 3. The predicted octanol–water partition coefficient (Wildman–Crippen LogP) is 3.72. The molecular formula is C22H15ClN4O4S. The quantitative estimate of drug-likeness (QED) is 0.386. The van der Waals surface area contributed by atoms with Crippen LogP contribution in [0.3, 0.4) is 0 Å². The number of pyridine rings is 1. The molecule has 2 aromatic heterocycles. The molecule has 10 heteroatoms. The number of nitrogens with one attached hydrogen (secondary N) is 2. The van der Waals surface area contributed by atoms with Crippen molar-refractivity contribution in [1.82, 2.24) is 19.9 Å². The van der Waals surface area contributed by atoms with Gasteiger partial charge in [-0.3, -0.25) is 9.59 Å². The van der Waals surface area contributed by atoms with Gasteiger partial charge < -0.3 is 15.4 Å². The molecule has 160 valence electrons. The summed E-state index contributed by atoms with van der Waals surface area (Å²) in [6.45, 7) is 0.299. The molecule has 0 atom stereocenters. The number of hydrogen-bond acceptors (Lipinski definition) is 5. The largest absolute Gasteiger partial charge is 0.478 e. The summed E-state index contributed by atoms with van der Waals surface area (Å²) in [4.78, 5) is 43.5. The molecule has 2 heterocycles. The van der Waals surface area contributed by atoms with Gasteiger partial charge in [0.1, 0.15) is 5.82 Å². The van der Waals surface area contributed by atoms with Gasteiger partial charge in [0.25, 0.3) is 11.5 Å². The highest BCUT2D eigenvalue weighted by molar-refractivity contribution is 7.71. The number of nitrogens with zero attached hydrogens (tertiary/aromatic N) is 2. The first-order chi connectivity index (χ1) is 15.3. The Hall–Kier alpha value is -3.82. The molecule has 0 saturated heterocycles. The first kappa shape index (κ1) is 21.4. The number of carboxylic acids is 1. The van der Waals surface area contributed by atoms with E-state index in [4.69, 9.17) is 28.9 Å². The third-order valence-corrected chi connectivity index (χ3v) is 5.25. The van der Waals surface area contributed by atoms with Crippen molar-refractivity contribution in [1.29, 1.82) is 0 Å². The Morgan fingerprint density at radius 1 is 1.12 bits per heavy atom. The number of carboxylic acid groups (broad SMARTS) is 1. The van der Waals surface area contributed by atoms with Gasteiger partial charge in [-0.2, -0.15) is 0 Å². The van der Waals surface area contributed by atoms with Crippen LogP contribution in [0.5, 0.6) is 0 Å². The lowest BCUT2D eigenvalue weighted by molar-refractivity contribution is 0.0696. The number of halogens is 1. The fraction of sp³-hybridized carbons (Fsp3) is 0.0455. The molecule has 0 bridgehead atoms. The summed E-state index contributed by atoms with van der Waals surface area (Å²) in [6.07, 6.45) is 1.15. The maximum absolute atomic E-state index is 13.0. The van der Waals surface area contributed by atoms with Crippen molar-refractivity contribution in [3.8, 4) is 5.82 Å². The van der Waals surface area contributed by atoms with Crippen LogP contribution in [-0.4, -0.2) is 31.5 Å². The van der Waals surface area contributed by atoms with Gasteiger partial charge >= 0.3 is 5.97 Å². The van der Waals surface area contributed by atoms with Gasteiger partial charge in [-0.25, -0.2) is 14.3 Å². The molecule has 1 amide bonds. The summed E-state index contributed by atoms with van der Waals surface area (Å²) in [5.74, 6) is -1.26. The fourth-order valence-electron chi connectivity index (χ4n) is 3.14. The minimum absolute atomic E-state index is 0.00841. The molecule has 32 heavy (non-hydrogen) atoms. The fourth-order valence-corrected chi connectivity index (χ4v) is 3.64. The molecule has 0 saturated carbocycles. The highest BCUT2D eigenvalue weighted by Gasteiger charge is 2.13. The number of H-pyrrole nitrogens is 1. The van der Waals surface area contributed by atoms with E-state index in [1.165, 1.54) is 22.8 Å². The number of carbonyl (C=O) groups is 2. The molecule has 0 unspecified atom stereocenters. The molecule has 0 aliphatic carbocycles. The van der Waals surface area contributed by atoms with Gasteiger partial charge in [0.15, 0.2) is 4.77 Å². The Bertz CT molecular complexity index is 1480. The highest BCUT2D eigenvalue weighted by Crippen LogP contribution is 2.14. The average molecular weight is 467 g/mol. The summed E-state index contributed by atoms with van der Waals surface area (Å²) in [6, 6.07) is 14.5. The van der Waals surface area contributed by atoms with E-state index >= 15 is 0 Å². The Labute approximate surface area is 191 Å². The number of benzene rings is 2. The van der Waals surface area contributed by atoms with Crippen molar-refractivity contribution in [2.24, 2.45) is 0 Å². The number of aromatic amines is 1. The molecule has 0 radical (unpaired) electrons. The molecular weight excluding hydrogens is 452 g/mol. The second-order valence-corrected chi connectivity index (χ2v) is 7.68. The summed E-state index contributed by atoms with van der Waals surface area (Å²) >= 11 is 11.3. The van der Waals surface area contributed by atoms with E-state index in [-0.39, 0.29) is 22.1 Å². The molecule has 4 aromatic rings. The van der Waals surface area contributed by atoms with Crippen LogP contribution >= 0.6 is 23.8 Å². The molecule has 0 aliphatic rings. The van der Waals surface area contributed by atoms with Crippen molar-refractivity contribution in [3.05, 3.63) is 97.6 Å². The number of carbonyl (C=O) groups excluding carboxylic acids is 1. The SMILES string of the molecule is O=C(O)c1ccc(-n2c(=S)[nH]c3cc(C(=O)NCc4cccc(Cl)c4)ccc3c2=O)nc1. The maximum Gasteiger partial charge on any atom is 0.337 e. The van der Waals surface area contributed by atoms with Crippen molar-refractivity contribution in [2.75, 3.05) is 0 Å². The second kappa shape index (κ2) is 8.74. The van der Waals surface area contributed by atoms with E-state index in [9.17, 15) is 14.4 Å². The maximum atomic E-state index is 13.0. The first-order valence-corrected chi connectivity index (χ1v) is 10.1. The van der Waals surface area contributed by atoms with Crippen molar-refractivity contribution in [2.45, 2.75) is 6.54 Å². The topological polar surface area (TPSA) is 117 Å². The van der Waals surface area contributed by atoms with Crippen LogP contribution in [0.1, 0.15) is 26.3 Å². The number of fused-ring (bicyclic) bond motifs is 1. The Balaban J connectivity index is 1.64. The minimum Gasteiger partial charge on any atom is -0.478 e. The van der Waals surface area contributed by atoms with Crippen LogP contribution in [0, 0.1) is 4.77 Å². The van der Waals surface area contributed by atoms with E-state index in [2.05, 4.69) is 15.3 Å². The lowest BCUT2D eigenvalue weighted by atomic mass is 10.1. The van der Waals surface area contributed by atoms with Crippen LogP contribution < -0.4 is 10.9 Å². The van der Waals surface area contributed by atoms with Crippen molar-refractivity contribution >= 4 is 46.6 Å². The number of rotatable bonds is 5. The van der Waals surface area contributed by atoms with E-state index in [0.717, 1.165) is 11.8 Å². The van der Waals surface area contributed by atoms with E-state index < -0.39 is 11.5 Å². The minimum atomic E-state index is -1.12. The zero-order chi connectivity index (χ0) is 22.8. The smallest absolute Gasteiger partial charge is 0.337 e. The molecule has 0 aliphatic heterocycles. The van der Waals surface area contributed by atoms with Gasteiger partial charge in [-0.15, -0.1) is 0 Å². The zero-order valence-electron chi connectivity index (χ0n) is 16.3. The van der Waals surface area contributed by atoms with Gasteiger partial charge in [0.2, 0.25) is 0 Å². The molecule has 0 spiro atoms. The third kappa shape index (κ3) is 4.29. The van der Waals surface area contributed by atoms with Gasteiger partial charge in [0.05, 0.1) is 16.5 Å². The van der Waals surface area contributed by atoms with Crippen LogP contribution in [0.2, 0.25) is 5.02 Å². The summed E-state index contributed by atoms with van der Waals surface area (Å²) in [5.41, 5.74) is 1.16. The van der Waals surface area contributed by atoms with Crippen LogP contribution in [0.25, 0.3) is 16.7 Å². The summed E-state index contributed by atoms with van der Waals surface area (Å²) in [7, 11) is 0. The Morgan fingerprint density at radius 2 is 1.91 bits per heavy atom. The van der Waals surface area contributed by atoms with Gasteiger partial charge in [-0.05, 0) is 60.2 Å². The molecule has 0 fully saturated rings. The van der Waals surface area contributed by atoms with E-state index in [1.54, 1.807) is 30.3 Å².